The maximum Gasteiger partial charge on any atom is 0.364 e. The van der Waals surface area contributed by atoms with Crippen LogP contribution in [0.15, 0.2) is 0 Å². The van der Waals surface area contributed by atoms with Crippen molar-refractivity contribution >= 4 is 17.8 Å². The number of ether oxygens (including phenoxy) is 6. The highest BCUT2D eigenvalue weighted by Gasteiger charge is 2.60. The monoisotopic (exact) mass is 1390 g/mol. The summed E-state index contributed by atoms with van der Waals surface area (Å²) in [5, 5.41) is 136. The second-order valence-electron chi connectivity index (χ2n) is 28.6. The number of aliphatic carboxylic acids is 1. The molecule has 0 aromatic heterocycles. The van der Waals surface area contributed by atoms with Crippen LogP contribution in [0.5, 0.6) is 0 Å². The topological polar surface area (TPSA) is 373 Å². The van der Waals surface area contributed by atoms with Gasteiger partial charge in [-0.15, -0.1) is 0 Å². The van der Waals surface area contributed by atoms with Crippen LogP contribution in [0.3, 0.4) is 0 Å². The third-order valence-corrected chi connectivity index (χ3v) is 20.1. The Morgan fingerprint density at radius 3 is 1.29 bits per heavy atom. The minimum absolute atomic E-state index is 0.230. The van der Waals surface area contributed by atoms with Crippen LogP contribution in [-0.2, 0) is 42.8 Å². The molecule has 0 saturated carbocycles. The number of carbonyl (C=O) groups is 3. The molecule has 97 heavy (non-hydrogen) atoms. The fraction of sp³-hybridized carbons (Fsp3) is 0.959. The molecule has 3 heterocycles. The lowest BCUT2D eigenvalue weighted by molar-refractivity contribution is -0.386. The Hall–Kier alpha value is -2.27. The van der Waals surface area contributed by atoms with Crippen LogP contribution in [0, 0.1) is 0 Å². The Morgan fingerprint density at radius 2 is 0.897 bits per heavy atom. The van der Waals surface area contributed by atoms with Crippen LogP contribution >= 0.6 is 0 Å². The molecule has 0 aromatic rings. The van der Waals surface area contributed by atoms with Crippen molar-refractivity contribution in [2.24, 2.45) is 0 Å². The SMILES string of the molecule is CCCCCCCCCCCCCCCCCCCCCCCCCCC(=O)NC(COC1OC(CO)C(OC2OC(CO)C(O)C(OC3(C(=O)O)CC(O)C(NC(C)=O)C(C(O)C(O)CO)O3)C2O)C(O)C1O)C(O)CCCCCCCCCCCCCCCCCCCCC. The molecule has 0 aromatic carbocycles. The minimum atomic E-state index is -3.08. The second-order valence-corrected chi connectivity index (χ2v) is 28.6. The van der Waals surface area contributed by atoms with Gasteiger partial charge in [-0.25, -0.2) is 4.79 Å². The van der Waals surface area contributed by atoms with Gasteiger partial charge in [-0.3, -0.25) is 9.59 Å². The quantitative estimate of drug-likeness (QED) is 0.0252. The molecule has 3 aliphatic rings. The van der Waals surface area contributed by atoms with Gasteiger partial charge in [0.25, 0.3) is 5.79 Å². The Balaban J connectivity index is 1.53. The Morgan fingerprint density at radius 1 is 0.495 bits per heavy atom. The molecule has 3 saturated heterocycles. The number of aliphatic hydroxyl groups is 11. The highest BCUT2D eigenvalue weighted by atomic mass is 16.8. The molecule has 0 spiro atoms. The number of nitrogens with one attached hydrogen (secondary N) is 2. The van der Waals surface area contributed by atoms with E-state index < -0.39 is 148 Å². The lowest BCUT2D eigenvalue weighted by Gasteiger charge is -2.50. The van der Waals surface area contributed by atoms with Crippen LogP contribution in [0.25, 0.3) is 0 Å². The Kier molecular flexibility index (Phi) is 49.9. The van der Waals surface area contributed by atoms with Gasteiger partial charge in [0.1, 0.15) is 67.1 Å². The largest absolute Gasteiger partial charge is 0.477 e. The summed E-state index contributed by atoms with van der Waals surface area (Å²) >= 11 is 0. The maximum atomic E-state index is 13.5. The molecule has 2 amide bonds. The molecule has 14 N–H and O–H groups in total. The van der Waals surface area contributed by atoms with Gasteiger partial charge >= 0.3 is 5.97 Å². The van der Waals surface area contributed by atoms with Crippen molar-refractivity contribution in [3.8, 4) is 0 Å². The molecule has 0 bridgehead atoms. The molecule has 23 heteroatoms. The zero-order valence-electron chi connectivity index (χ0n) is 60.2. The zero-order valence-corrected chi connectivity index (χ0v) is 60.2. The maximum absolute atomic E-state index is 13.5. The van der Waals surface area contributed by atoms with Gasteiger partial charge in [-0.05, 0) is 12.8 Å². The van der Waals surface area contributed by atoms with E-state index in [1.54, 1.807) is 0 Å². The van der Waals surface area contributed by atoms with E-state index in [0.717, 1.165) is 51.9 Å². The van der Waals surface area contributed by atoms with Crippen molar-refractivity contribution in [3.63, 3.8) is 0 Å². The summed E-state index contributed by atoms with van der Waals surface area (Å²) in [6.07, 6.45) is 25.2. The van der Waals surface area contributed by atoms with Crippen LogP contribution in [0.4, 0.5) is 0 Å². The Labute approximate surface area is 582 Å². The van der Waals surface area contributed by atoms with E-state index in [1.807, 2.05) is 0 Å². The summed E-state index contributed by atoms with van der Waals surface area (Å²) in [5.41, 5.74) is 0. The average Bonchev–Trinajstić information content (AvgIpc) is 0.757. The van der Waals surface area contributed by atoms with Gasteiger partial charge < -0.3 is 100 Å². The van der Waals surface area contributed by atoms with E-state index in [2.05, 4.69) is 24.5 Å². The first-order valence-electron chi connectivity index (χ1n) is 38.9. The highest BCUT2D eigenvalue weighted by molar-refractivity contribution is 5.77. The van der Waals surface area contributed by atoms with Gasteiger partial charge in [0, 0.05) is 19.8 Å². The first-order valence-corrected chi connectivity index (χ1v) is 38.9. The highest BCUT2D eigenvalue weighted by Crippen LogP contribution is 2.39. The van der Waals surface area contributed by atoms with Crippen molar-refractivity contribution in [1.29, 1.82) is 0 Å². The number of aliphatic hydroxyl groups excluding tert-OH is 11. The van der Waals surface area contributed by atoms with Crippen LogP contribution in [0.1, 0.15) is 316 Å². The molecule has 23 nitrogen and oxygen atoms in total. The summed E-state index contributed by atoms with van der Waals surface area (Å²) in [5.74, 6) is -6.09. The third kappa shape index (κ3) is 35.7. The number of carboxylic acids is 1. The second kappa shape index (κ2) is 54.4. The van der Waals surface area contributed by atoms with Crippen molar-refractivity contribution in [1.82, 2.24) is 10.6 Å². The first kappa shape index (κ1) is 88.9. The number of rotatable bonds is 61. The predicted molar refractivity (Wildman–Crippen MR) is 371 cm³/mol. The molecule has 572 valence electrons. The number of hydrogen-bond donors (Lipinski definition) is 14. The third-order valence-electron chi connectivity index (χ3n) is 20.1. The van der Waals surface area contributed by atoms with E-state index in [1.165, 1.54) is 218 Å². The summed E-state index contributed by atoms with van der Waals surface area (Å²) in [4.78, 5) is 38.7. The predicted octanol–water partition coefficient (Wildman–Crippen LogP) is 9.24. The van der Waals surface area contributed by atoms with E-state index in [0.29, 0.717) is 19.3 Å². The summed E-state index contributed by atoms with van der Waals surface area (Å²) in [7, 11) is 0. The lowest BCUT2D eigenvalue weighted by Crippen LogP contribution is -2.70. The average molecular weight is 1390 g/mol. The van der Waals surface area contributed by atoms with E-state index in [-0.39, 0.29) is 18.9 Å². The molecule has 18 atom stereocenters. The minimum Gasteiger partial charge on any atom is -0.477 e. The van der Waals surface area contributed by atoms with Gasteiger partial charge in [0.2, 0.25) is 11.8 Å². The summed E-state index contributed by atoms with van der Waals surface area (Å²) in [6, 6.07) is -2.52. The van der Waals surface area contributed by atoms with E-state index in [9.17, 15) is 75.7 Å². The fourth-order valence-electron chi connectivity index (χ4n) is 13.9. The molecule has 0 aliphatic carbocycles. The van der Waals surface area contributed by atoms with Crippen LogP contribution < -0.4 is 10.6 Å². The Bertz CT molecular complexity index is 1950. The van der Waals surface area contributed by atoms with E-state index >= 15 is 0 Å². The summed E-state index contributed by atoms with van der Waals surface area (Å²) < 4.78 is 35.0. The molecule has 18 unspecified atom stereocenters. The normalized spacial score (nSPS) is 27.3. The van der Waals surface area contributed by atoms with E-state index in [4.69, 9.17) is 28.4 Å². The van der Waals surface area contributed by atoms with Gasteiger partial charge in [0.15, 0.2) is 12.6 Å². The van der Waals surface area contributed by atoms with Crippen LogP contribution in [0.2, 0.25) is 0 Å². The van der Waals surface area contributed by atoms with Crippen molar-refractivity contribution in [3.05, 3.63) is 0 Å². The van der Waals surface area contributed by atoms with Gasteiger partial charge in [-0.2, -0.15) is 0 Å². The molecule has 3 fully saturated rings. The lowest BCUT2D eigenvalue weighted by atomic mass is 9.88. The molecular weight excluding hydrogens is 1250 g/mol. The summed E-state index contributed by atoms with van der Waals surface area (Å²) in [6.45, 7) is 2.26. The van der Waals surface area contributed by atoms with Crippen molar-refractivity contribution < 1.29 is 104 Å². The first-order chi connectivity index (χ1) is 46.9. The standard InChI is InChI=1S/C74H140N2O21/c1-4-6-8-10-12-14-16-18-20-22-24-25-26-27-28-30-32-34-36-38-40-42-44-46-48-61(84)76-55(56(81)47-45-43-41-39-37-35-33-31-29-23-21-19-17-15-13-11-9-7-5-2)53-92-71-66(88)65(87)68(60(52-79)94-71)95-72-67(89)70(64(86)59(51-78)93-72)97-74(73(90)91)49-57(82)62(75-54(3)80)69(96-74)63(85)58(83)50-77/h55-60,62-72,77-79,81-83,85-89H,4-53H2,1-3H3,(H,75,80)(H,76,84)(H,90,91). The number of carbonyl (C=O) groups excluding carboxylic acids is 2. The molecular formula is C74H140N2O21. The number of unbranched alkanes of at least 4 members (excludes halogenated alkanes) is 41. The smallest absolute Gasteiger partial charge is 0.364 e. The molecule has 3 aliphatic heterocycles. The van der Waals surface area contributed by atoms with Crippen LogP contribution in [-0.4, -0.2) is 215 Å². The fourth-order valence-corrected chi connectivity index (χ4v) is 13.9. The number of amides is 2. The van der Waals surface area contributed by atoms with Gasteiger partial charge in [-0.1, -0.05) is 284 Å². The number of carboxylic acid groups (broad SMARTS) is 1. The molecule has 0 radical (unpaired) electrons. The number of hydrogen-bond acceptors (Lipinski definition) is 20. The van der Waals surface area contributed by atoms with Crippen molar-refractivity contribution in [2.45, 2.75) is 426 Å². The molecule has 3 rings (SSSR count). The van der Waals surface area contributed by atoms with Crippen molar-refractivity contribution in [2.75, 3.05) is 26.4 Å². The van der Waals surface area contributed by atoms with Gasteiger partial charge in [0.05, 0.1) is 50.7 Å². The zero-order chi connectivity index (χ0) is 71.1.